The lowest BCUT2D eigenvalue weighted by Gasteiger charge is -2.12. The molecule has 0 radical (unpaired) electrons. The Morgan fingerprint density at radius 3 is 2.61 bits per heavy atom. The lowest BCUT2D eigenvalue weighted by molar-refractivity contribution is -0.118. The molecule has 2 heteroatoms. The molecule has 0 bridgehead atoms. The maximum Gasteiger partial charge on any atom is 0.137 e. The Balaban J connectivity index is 2.54. The van der Waals surface area contributed by atoms with Crippen LogP contribution in [0.15, 0.2) is 36.4 Å². The van der Waals surface area contributed by atoms with Crippen molar-refractivity contribution >= 4 is 16.6 Å². The molecule has 2 aromatic rings. The number of benzene rings is 2. The topological polar surface area (TPSA) is 26.3 Å². The fourth-order valence-corrected chi connectivity index (χ4v) is 2.11. The number of Topliss-reactive ketones (excluding diaryl/α,β-unsaturated/α-hetero) is 1. The van der Waals surface area contributed by atoms with Crippen LogP contribution in [0, 0.1) is 0 Å². The van der Waals surface area contributed by atoms with E-state index in [1.165, 1.54) is 0 Å². The summed E-state index contributed by atoms with van der Waals surface area (Å²) in [5, 5.41) is 2.27. The lowest BCUT2D eigenvalue weighted by atomic mass is 9.98. The molecule has 0 amide bonds. The first-order valence-electron chi connectivity index (χ1n) is 6.41. The predicted octanol–water partition coefficient (Wildman–Crippen LogP) is 3.76. The number of carbonyl (C=O) groups excluding carboxylic acids is 1. The molecule has 0 spiro atoms. The Morgan fingerprint density at radius 2 is 1.89 bits per heavy atom. The Labute approximate surface area is 108 Å². The van der Waals surface area contributed by atoms with E-state index < -0.39 is 0 Å². The van der Waals surface area contributed by atoms with Crippen LogP contribution in [-0.4, -0.2) is 12.4 Å². The van der Waals surface area contributed by atoms with E-state index in [0.717, 1.165) is 22.1 Å². The zero-order valence-electron chi connectivity index (χ0n) is 10.9. The quantitative estimate of drug-likeness (QED) is 0.798. The molecule has 0 saturated heterocycles. The molecule has 0 aliphatic heterocycles. The van der Waals surface area contributed by atoms with Crippen molar-refractivity contribution in [2.45, 2.75) is 26.7 Å². The van der Waals surface area contributed by atoms with Crippen LogP contribution in [0.5, 0.6) is 5.75 Å². The summed E-state index contributed by atoms with van der Waals surface area (Å²) in [5.74, 6) is 1.07. The van der Waals surface area contributed by atoms with Crippen molar-refractivity contribution < 1.29 is 9.53 Å². The van der Waals surface area contributed by atoms with E-state index >= 15 is 0 Å². The second-order valence-electron chi connectivity index (χ2n) is 4.27. The normalized spacial score (nSPS) is 10.6. The SMILES string of the molecule is CCOc1ccc2ccccc2c1CC(=O)CC. The van der Waals surface area contributed by atoms with Crippen LogP contribution in [0.1, 0.15) is 25.8 Å². The number of hydrogen-bond donors (Lipinski definition) is 0. The number of ether oxygens (including phenoxy) is 1. The van der Waals surface area contributed by atoms with Gasteiger partial charge in [0.05, 0.1) is 6.61 Å². The summed E-state index contributed by atoms with van der Waals surface area (Å²) in [6, 6.07) is 12.1. The highest BCUT2D eigenvalue weighted by Gasteiger charge is 2.11. The fourth-order valence-electron chi connectivity index (χ4n) is 2.11. The zero-order valence-corrected chi connectivity index (χ0v) is 10.9. The van der Waals surface area contributed by atoms with Crippen LogP contribution in [0.25, 0.3) is 10.8 Å². The molecule has 0 saturated carbocycles. The fraction of sp³-hybridized carbons (Fsp3) is 0.312. The van der Waals surface area contributed by atoms with Gasteiger partial charge in [-0.1, -0.05) is 37.3 Å². The summed E-state index contributed by atoms with van der Waals surface area (Å²) in [6.07, 6.45) is 1.02. The third kappa shape index (κ3) is 2.53. The molecule has 18 heavy (non-hydrogen) atoms. The van der Waals surface area contributed by atoms with Crippen LogP contribution in [-0.2, 0) is 11.2 Å². The highest BCUT2D eigenvalue weighted by molar-refractivity contribution is 5.92. The van der Waals surface area contributed by atoms with Crippen LogP contribution >= 0.6 is 0 Å². The molecule has 0 aliphatic rings. The van der Waals surface area contributed by atoms with Crippen LogP contribution in [0.3, 0.4) is 0 Å². The van der Waals surface area contributed by atoms with Gasteiger partial charge in [0.25, 0.3) is 0 Å². The summed E-state index contributed by atoms with van der Waals surface area (Å²) in [4.78, 5) is 11.7. The molecule has 0 unspecified atom stereocenters. The van der Waals surface area contributed by atoms with E-state index in [2.05, 4.69) is 12.1 Å². The monoisotopic (exact) mass is 242 g/mol. The van der Waals surface area contributed by atoms with Crippen molar-refractivity contribution in [3.05, 3.63) is 42.0 Å². The largest absolute Gasteiger partial charge is 0.494 e. The van der Waals surface area contributed by atoms with Gasteiger partial charge in [-0.05, 0) is 23.8 Å². The minimum absolute atomic E-state index is 0.243. The molecule has 2 nitrogen and oxygen atoms in total. The van der Waals surface area contributed by atoms with Gasteiger partial charge in [-0.3, -0.25) is 4.79 Å². The number of ketones is 1. The second kappa shape index (κ2) is 5.67. The summed E-state index contributed by atoms with van der Waals surface area (Å²) >= 11 is 0. The van der Waals surface area contributed by atoms with Crippen molar-refractivity contribution in [3.63, 3.8) is 0 Å². The standard InChI is InChI=1S/C16H18O2/c1-3-13(17)11-15-14-8-6-5-7-12(14)9-10-16(15)18-4-2/h5-10H,3-4,11H2,1-2H3. The minimum atomic E-state index is 0.243. The molecule has 0 N–H and O–H groups in total. The zero-order chi connectivity index (χ0) is 13.0. The van der Waals surface area contributed by atoms with Crippen LogP contribution < -0.4 is 4.74 Å². The first-order chi connectivity index (χ1) is 8.76. The highest BCUT2D eigenvalue weighted by Crippen LogP contribution is 2.29. The van der Waals surface area contributed by atoms with Gasteiger partial charge in [-0.25, -0.2) is 0 Å². The number of rotatable bonds is 5. The average Bonchev–Trinajstić information content (AvgIpc) is 2.41. The Hall–Kier alpha value is -1.83. The number of carbonyl (C=O) groups is 1. The van der Waals surface area contributed by atoms with Crippen molar-refractivity contribution in [2.75, 3.05) is 6.61 Å². The van der Waals surface area contributed by atoms with Crippen molar-refractivity contribution in [1.82, 2.24) is 0 Å². The van der Waals surface area contributed by atoms with Gasteiger partial charge in [0.1, 0.15) is 11.5 Å². The van der Waals surface area contributed by atoms with Crippen molar-refractivity contribution in [2.24, 2.45) is 0 Å². The Bertz CT molecular complexity index is 558. The van der Waals surface area contributed by atoms with Gasteiger partial charge < -0.3 is 4.74 Å². The van der Waals surface area contributed by atoms with Gasteiger partial charge in [0.2, 0.25) is 0 Å². The number of hydrogen-bond acceptors (Lipinski definition) is 2. The van der Waals surface area contributed by atoms with Gasteiger partial charge in [-0.2, -0.15) is 0 Å². The molecular weight excluding hydrogens is 224 g/mol. The van der Waals surface area contributed by atoms with Crippen LogP contribution in [0.2, 0.25) is 0 Å². The first kappa shape index (κ1) is 12.6. The predicted molar refractivity (Wildman–Crippen MR) is 74.1 cm³/mol. The van der Waals surface area contributed by atoms with E-state index in [-0.39, 0.29) is 5.78 Å². The summed E-state index contributed by atoms with van der Waals surface area (Å²) < 4.78 is 5.64. The minimum Gasteiger partial charge on any atom is -0.494 e. The maximum atomic E-state index is 11.7. The van der Waals surface area contributed by atoms with Gasteiger partial charge in [-0.15, -0.1) is 0 Å². The molecule has 0 heterocycles. The summed E-state index contributed by atoms with van der Waals surface area (Å²) in [7, 11) is 0. The van der Waals surface area contributed by atoms with E-state index in [1.54, 1.807) is 0 Å². The summed E-state index contributed by atoms with van der Waals surface area (Å²) in [5.41, 5.74) is 1.02. The second-order valence-corrected chi connectivity index (χ2v) is 4.27. The Kier molecular flexibility index (Phi) is 3.98. The van der Waals surface area contributed by atoms with Gasteiger partial charge in [0.15, 0.2) is 0 Å². The average molecular weight is 242 g/mol. The van der Waals surface area contributed by atoms with Gasteiger partial charge >= 0.3 is 0 Å². The molecule has 2 aromatic carbocycles. The molecular formula is C16H18O2. The molecule has 2 rings (SSSR count). The molecule has 0 atom stereocenters. The third-order valence-electron chi connectivity index (χ3n) is 3.07. The summed E-state index contributed by atoms with van der Waals surface area (Å²) in [6.45, 7) is 4.47. The van der Waals surface area contributed by atoms with Crippen molar-refractivity contribution in [3.8, 4) is 5.75 Å². The molecule has 0 aromatic heterocycles. The van der Waals surface area contributed by atoms with Gasteiger partial charge in [0, 0.05) is 18.4 Å². The third-order valence-corrected chi connectivity index (χ3v) is 3.07. The highest BCUT2D eigenvalue weighted by atomic mass is 16.5. The van der Waals surface area contributed by atoms with Crippen molar-refractivity contribution in [1.29, 1.82) is 0 Å². The smallest absolute Gasteiger partial charge is 0.137 e. The van der Waals surface area contributed by atoms with E-state index in [1.807, 2.05) is 38.1 Å². The first-order valence-corrected chi connectivity index (χ1v) is 6.41. The maximum absolute atomic E-state index is 11.7. The molecule has 94 valence electrons. The molecule has 0 aliphatic carbocycles. The van der Waals surface area contributed by atoms with E-state index in [4.69, 9.17) is 4.74 Å². The number of fused-ring (bicyclic) bond motifs is 1. The van der Waals surface area contributed by atoms with E-state index in [0.29, 0.717) is 19.4 Å². The Morgan fingerprint density at radius 1 is 1.11 bits per heavy atom. The lowest BCUT2D eigenvalue weighted by Crippen LogP contribution is -2.04. The van der Waals surface area contributed by atoms with Crippen LogP contribution in [0.4, 0.5) is 0 Å². The molecule has 0 fully saturated rings. The van der Waals surface area contributed by atoms with E-state index in [9.17, 15) is 4.79 Å².